The zero-order valence-corrected chi connectivity index (χ0v) is 8.45. The molecule has 0 atom stereocenters. The SMILES string of the molecule is C=C(C)COC.OCCOCCO. The predicted octanol–water partition coefficient (Wildman–Crippen LogP) is 0.196. The van der Waals surface area contributed by atoms with Crippen LogP contribution in [0.5, 0.6) is 0 Å². The molecule has 0 heterocycles. The summed E-state index contributed by atoms with van der Waals surface area (Å²) in [6.07, 6.45) is 0. The highest BCUT2D eigenvalue weighted by molar-refractivity contribution is 4.86. The lowest BCUT2D eigenvalue weighted by atomic mass is 10.4. The number of methoxy groups -OCH3 is 1. The third-order valence-electron chi connectivity index (χ3n) is 0.862. The zero-order valence-electron chi connectivity index (χ0n) is 8.45. The van der Waals surface area contributed by atoms with E-state index in [0.29, 0.717) is 19.8 Å². The Balaban J connectivity index is 0. The quantitative estimate of drug-likeness (QED) is 0.466. The van der Waals surface area contributed by atoms with Gasteiger partial charge in [-0.15, -0.1) is 0 Å². The van der Waals surface area contributed by atoms with Crippen molar-refractivity contribution in [2.75, 3.05) is 40.1 Å². The van der Waals surface area contributed by atoms with Gasteiger partial charge >= 0.3 is 0 Å². The maximum atomic E-state index is 8.09. The molecule has 80 valence electrons. The van der Waals surface area contributed by atoms with Gasteiger partial charge in [0.15, 0.2) is 0 Å². The maximum absolute atomic E-state index is 8.09. The molecule has 0 aromatic heterocycles. The smallest absolute Gasteiger partial charge is 0.0698 e. The van der Waals surface area contributed by atoms with Crippen molar-refractivity contribution in [2.24, 2.45) is 0 Å². The third-order valence-corrected chi connectivity index (χ3v) is 0.862. The lowest BCUT2D eigenvalue weighted by Gasteiger charge is -1.94. The largest absolute Gasteiger partial charge is 0.394 e. The molecule has 0 aromatic carbocycles. The van der Waals surface area contributed by atoms with Gasteiger partial charge in [-0.1, -0.05) is 12.2 Å². The molecule has 0 rings (SSSR count). The van der Waals surface area contributed by atoms with Crippen molar-refractivity contribution < 1.29 is 19.7 Å². The third kappa shape index (κ3) is 24.5. The molecule has 4 heteroatoms. The monoisotopic (exact) mass is 192 g/mol. The van der Waals surface area contributed by atoms with Gasteiger partial charge in [-0.2, -0.15) is 0 Å². The molecule has 0 aromatic rings. The van der Waals surface area contributed by atoms with Crippen LogP contribution in [0.3, 0.4) is 0 Å². The number of rotatable bonds is 6. The summed E-state index contributed by atoms with van der Waals surface area (Å²) < 4.78 is 9.34. The van der Waals surface area contributed by atoms with E-state index in [1.807, 2.05) is 6.92 Å². The molecule has 0 aliphatic rings. The summed E-state index contributed by atoms with van der Waals surface area (Å²) in [6.45, 7) is 6.93. The number of ether oxygens (including phenoxy) is 2. The second-order valence-electron chi connectivity index (χ2n) is 2.45. The fourth-order valence-electron chi connectivity index (χ4n) is 0.478. The minimum absolute atomic E-state index is 0.0278. The first kappa shape index (κ1) is 15.1. The Labute approximate surface area is 79.8 Å². The first-order valence-electron chi connectivity index (χ1n) is 4.11. The molecule has 0 aliphatic heterocycles. The van der Waals surface area contributed by atoms with Crippen molar-refractivity contribution in [3.8, 4) is 0 Å². The first-order valence-corrected chi connectivity index (χ1v) is 4.11. The van der Waals surface area contributed by atoms with Crippen LogP contribution < -0.4 is 0 Å². The summed E-state index contributed by atoms with van der Waals surface area (Å²) in [5, 5.41) is 16.2. The molecule has 0 unspecified atom stereocenters. The predicted molar refractivity (Wildman–Crippen MR) is 51.7 cm³/mol. The van der Waals surface area contributed by atoms with E-state index in [4.69, 9.17) is 14.9 Å². The molecular formula is C9H20O4. The van der Waals surface area contributed by atoms with E-state index in [2.05, 4.69) is 11.3 Å². The van der Waals surface area contributed by atoms with Gasteiger partial charge in [0.05, 0.1) is 33.0 Å². The van der Waals surface area contributed by atoms with Gasteiger partial charge < -0.3 is 19.7 Å². The molecule has 0 spiro atoms. The standard InChI is InChI=1S/C5H10O.C4H10O3/c1-5(2)4-6-3;5-1-3-7-4-2-6/h1,4H2,2-3H3;5-6H,1-4H2. The lowest BCUT2D eigenvalue weighted by Crippen LogP contribution is -2.03. The molecule has 13 heavy (non-hydrogen) atoms. The van der Waals surface area contributed by atoms with Gasteiger partial charge in [-0.25, -0.2) is 0 Å². The van der Waals surface area contributed by atoms with Crippen LogP contribution in [0.15, 0.2) is 12.2 Å². The van der Waals surface area contributed by atoms with Gasteiger partial charge in [-0.3, -0.25) is 0 Å². The number of hydrogen-bond acceptors (Lipinski definition) is 4. The van der Waals surface area contributed by atoms with Gasteiger partial charge in [0.25, 0.3) is 0 Å². The van der Waals surface area contributed by atoms with Crippen molar-refractivity contribution >= 4 is 0 Å². The van der Waals surface area contributed by atoms with E-state index in [1.165, 1.54) is 0 Å². The van der Waals surface area contributed by atoms with Crippen LogP contribution >= 0.6 is 0 Å². The molecule has 0 bridgehead atoms. The molecule has 4 nitrogen and oxygen atoms in total. The normalized spacial score (nSPS) is 8.92. The highest BCUT2D eigenvalue weighted by atomic mass is 16.5. The number of aliphatic hydroxyl groups is 2. The van der Waals surface area contributed by atoms with Crippen molar-refractivity contribution in [3.05, 3.63) is 12.2 Å². The molecule has 0 fully saturated rings. The minimum atomic E-state index is 0.0278. The summed E-state index contributed by atoms with van der Waals surface area (Å²) >= 11 is 0. The molecule has 2 N–H and O–H groups in total. The number of aliphatic hydroxyl groups excluding tert-OH is 2. The van der Waals surface area contributed by atoms with E-state index in [-0.39, 0.29) is 13.2 Å². The Kier molecular flexibility index (Phi) is 16.4. The molecular weight excluding hydrogens is 172 g/mol. The second-order valence-corrected chi connectivity index (χ2v) is 2.45. The fourth-order valence-corrected chi connectivity index (χ4v) is 0.478. The van der Waals surface area contributed by atoms with E-state index >= 15 is 0 Å². The van der Waals surface area contributed by atoms with Gasteiger partial charge in [0.1, 0.15) is 0 Å². The van der Waals surface area contributed by atoms with Crippen LogP contribution in [0.2, 0.25) is 0 Å². The Morgan fingerprint density at radius 3 is 1.85 bits per heavy atom. The van der Waals surface area contributed by atoms with Crippen LogP contribution in [-0.2, 0) is 9.47 Å². The minimum Gasteiger partial charge on any atom is -0.394 e. The lowest BCUT2D eigenvalue weighted by molar-refractivity contribution is 0.0650. The highest BCUT2D eigenvalue weighted by Gasteiger charge is 1.79. The zero-order chi connectivity index (χ0) is 10.5. The van der Waals surface area contributed by atoms with Gasteiger partial charge in [0.2, 0.25) is 0 Å². The fraction of sp³-hybridized carbons (Fsp3) is 0.778. The molecule has 0 radical (unpaired) electrons. The van der Waals surface area contributed by atoms with Gasteiger partial charge in [-0.05, 0) is 6.92 Å². The first-order chi connectivity index (χ1) is 6.18. The Morgan fingerprint density at radius 2 is 1.69 bits per heavy atom. The van der Waals surface area contributed by atoms with Crippen LogP contribution in [0, 0.1) is 0 Å². The Hall–Kier alpha value is -0.420. The molecule has 0 saturated carbocycles. The van der Waals surface area contributed by atoms with Crippen molar-refractivity contribution in [1.29, 1.82) is 0 Å². The van der Waals surface area contributed by atoms with Crippen molar-refractivity contribution in [2.45, 2.75) is 6.92 Å². The van der Waals surface area contributed by atoms with E-state index in [0.717, 1.165) is 5.57 Å². The van der Waals surface area contributed by atoms with Crippen molar-refractivity contribution in [3.63, 3.8) is 0 Å². The van der Waals surface area contributed by atoms with Crippen LogP contribution in [-0.4, -0.2) is 50.4 Å². The average molecular weight is 192 g/mol. The van der Waals surface area contributed by atoms with Crippen LogP contribution in [0.1, 0.15) is 6.92 Å². The Morgan fingerprint density at radius 1 is 1.23 bits per heavy atom. The topological polar surface area (TPSA) is 58.9 Å². The summed E-state index contributed by atoms with van der Waals surface area (Å²) in [5.41, 5.74) is 1.07. The van der Waals surface area contributed by atoms with Crippen LogP contribution in [0.25, 0.3) is 0 Å². The van der Waals surface area contributed by atoms with Crippen molar-refractivity contribution in [1.82, 2.24) is 0 Å². The van der Waals surface area contributed by atoms with E-state index in [1.54, 1.807) is 7.11 Å². The maximum Gasteiger partial charge on any atom is 0.0698 e. The molecule has 0 saturated heterocycles. The molecule has 0 aliphatic carbocycles. The second kappa shape index (κ2) is 14.1. The number of hydrogen-bond donors (Lipinski definition) is 2. The summed E-state index contributed by atoms with van der Waals surface area (Å²) in [7, 11) is 1.66. The van der Waals surface area contributed by atoms with E-state index in [9.17, 15) is 0 Å². The summed E-state index contributed by atoms with van der Waals surface area (Å²) in [4.78, 5) is 0. The average Bonchev–Trinajstić information content (AvgIpc) is 2.06. The van der Waals surface area contributed by atoms with Gasteiger partial charge in [0, 0.05) is 7.11 Å². The Bertz CT molecular complexity index is 99.8. The molecule has 0 amide bonds. The summed E-state index contributed by atoms with van der Waals surface area (Å²) in [5.74, 6) is 0. The van der Waals surface area contributed by atoms with E-state index < -0.39 is 0 Å². The highest BCUT2D eigenvalue weighted by Crippen LogP contribution is 1.82. The van der Waals surface area contributed by atoms with Crippen LogP contribution in [0.4, 0.5) is 0 Å². The summed E-state index contributed by atoms with van der Waals surface area (Å²) in [6, 6.07) is 0.